The van der Waals surface area contributed by atoms with Crippen molar-refractivity contribution < 1.29 is 24.2 Å². The highest BCUT2D eigenvalue weighted by atomic mass is 16.6. The number of aliphatic hydroxyl groups excluding tert-OH is 1. The van der Waals surface area contributed by atoms with Crippen molar-refractivity contribution in [3.05, 3.63) is 85.1 Å². The predicted molar refractivity (Wildman–Crippen MR) is 316 cm³/mol. The van der Waals surface area contributed by atoms with E-state index in [1.165, 1.54) is 180 Å². The van der Waals surface area contributed by atoms with Crippen LogP contribution in [0.4, 0.5) is 0 Å². The summed E-state index contributed by atoms with van der Waals surface area (Å²) in [5.41, 5.74) is 0. The van der Waals surface area contributed by atoms with Crippen LogP contribution < -0.4 is 0 Å². The molecule has 0 aliphatic heterocycles. The maximum absolute atomic E-state index is 12.3. The van der Waals surface area contributed by atoms with Crippen LogP contribution in [-0.4, -0.2) is 36.4 Å². The van der Waals surface area contributed by atoms with Crippen molar-refractivity contribution in [1.82, 2.24) is 0 Å². The summed E-state index contributed by atoms with van der Waals surface area (Å²) < 4.78 is 10.7. The predicted octanol–water partition coefficient (Wildman–Crippen LogP) is 21.3. The molecule has 0 saturated carbocycles. The second-order valence-corrected chi connectivity index (χ2v) is 20.8. The van der Waals surface area contributed by atoms with Crippen molar-refractivity contribution in [3.63, 3.8) is 0 Å². The Kier molecular flexibility index (Phi) is 59.8. The van der Waals surface area contributed by atoms with E-state index < -0.39 is 6.10 Å². The molecule has 1 N–H and O–H groups in total. The van der Waals surface area contributed by atoms with E-state index in [0.29, 0.717) is 12.8 Å². The number of hydrogen-bond donors (Lipinski definition) is 1. The van der Waals surface area contributed by atoms with E-state index in [1.54, 1.807) is 0 Å². The lowest BCUT2D eigenvalue weighted by Crippen LogP contribution is -2.28. The van der Waals surface area contributed by atoms with Crippen molar-refractivity contribution in [2.24, 2.45) is 0 Å². The van der Waals surface area contributed by atoms with E-state index in [9.17, 15) is 14.7 Å². The van der Waals surface area contributed by atoms with Crippen molar-refractivity contribution >= 4 is 11.9 Å². The van der Waals surface area contributed by atoms with Gasteiger partial charge >= 0.3 is 11.9 Å². The quantitative estimate of drug-likeness (QED) is 0.0373. The molecule has 0 heterocycles. The average Bonchev–Trinajstić information content (AvgIpc) is 3.38. The minimum Gasteiger partial charge on any atom is -0.462 e. The molecule has 0 rings (SSSR count). The number of unbranched alkanes of at least 4 members (excludes halogenated alkanes) is 35. The molecular weight excluding hydrogens is 885 g/mol. The summed E-state index contributed by atoms with van der Waals surface area (Å²) in [7, 11) is 0. The van der Waals surface area contributed by atoms with Crippen LogP contribution in [0.2, 0.25) is 0 Å². The molecule has 0 bridgehead atoms. The maximum atomic E-state index is 12.3. The molecule has 72 heavy (non-hydrogen) atoms. The molecule has 416 valence electrons. The van der Waals surface area contributed by atoms with Crippen LogP contribution in [0.1, 0.15) is 309 Å². The van der Waals surface area contributed by atoms with Crippen LogP contribution in [0.15, 0.2) is 85.1 Å². The van der Waals surface area contributed by atoms with Gasteiger partial charge in [-0.15, -0.1) is 0 Å². The van der Waals surface area contributed by atoms with Crippen molar-refractivity contribution in [1.29, 1.82) is 0 Å². The third-order valence-corrected chi connectivity index (χ3v) is 13.7. The molecule has 0 amide bonds. The number of carbonyl (C=O) groups is 2. The van der Waals surface area contributed by atoms with Gasteiger partial charge in [0.25, 0.3) is 0 Å². The first kappa shape index (κ1) is 69.1. The van der Waals surface area contributed by atoms with Gasteiger partial charge in [-0.2, -0.15) is 0 Å². The number of rotatable bonds is 57. The second kappa shape index (κ2) is 62.4. The largest absolute Gasteiger partial charge is 0.462 e. The van der Waals surface area contributed by atoms with Crippen molar-refractivity contribution in [2.75, 3.05) is 13.2 Å². The Morgan fingerprint density at radius 1 is 0.333 bits per heavy atom. The fraction of sp³-hybridized carbons (Fsp3) is 0.761. The first-order valence-corrected chi connectivity index (χ1v) is 31.1. The Bertz CT molecular complexity index is 1320. The lowest BCUT2D eigenvalue weighted by Gasteiger charge is -2.15. The van der Waals surface area contributed by atoms with Crippen LogP contribution in [0.3, 0.4) is 0 Å². The van der Waals surface area contributed by atoms with E-state index >= 15 is 0 Å². The number of ether oxygens (including phenoxy) is 2. The van der Waals surface area contributed by atoms with Crippen LogP contribution in [-0.2, 0) is 19.1 Å². The van der Waals surface area contributed by atoms with Gasteiger partial charge in [0.2, 0.25) is 0 Å². The van der Waals surface area contributed by atoms with Gasteiger partial charge in [-0.25, -0.2) is 0 Å². The lowest BCUT2D eigenvalue weighted by atomic mass is 10.0. The summed E-state index contributed by atoms with van der Waals surface area (Å²) in [6.07, 6.45) is 87.3. The fourth-order valence-corrected chi connectivity index (χ4v) is 9.07. The average molecular weight is 1000 g/mol. The molecule has 1 atom stereocenters. The molecule has 0 radical (unpaired) electrons. The summed E-state index contributed by atoms with van der Waals surface area (Å²) >= 11 is 0. The fourth-order valence-electron chi connectivity index (χ4n) is 9.07. The van der Waals surface area contributed by atoms with Gasteiger partial charge in [-0.05, 0) is 70.6 Å². The van der Waals surface area contributed by atoms with Gasteiger partial charge in [0.1, 0.15) is 6.61 Å². The van der Waals surface area contributed by atoms with Gasteiger partial charge in [-0.1, -0.05) is 311 Å². The number of hydrogen-bond acceptors (Lipinski definition) is 5. The second-order valence-electron chi connectivity index (χ2n) is 20.8. The monoisotopic (exact) mass is 1000 g/mol. The lowest BCUT2D eigenvalue weighted by molar-refractivity contribution is -0.161. The number of carbonyl (C=O) groups excluding carboxylic acids is 2. The Balaban J connectivity index is 3.49. The summed E-state index contributed by atoms with van der Waals surface area (Å²) in [6, 6.07) is 0. The number of aliphatic hydroxyl groups is 1. The maximum Gasteiger partial charge on any atom is 0.306 e. The van der Waals surface area contributed by atoms with Gasteiger partial charge in [0.05, 0.1) is 6.61 Å². The van der Waals surface area contributed by atoms with E-state index in [4.69, 9.17) is 9.47 Å². The number of esters is 2. The molecule has 0 aromatic carbocycles. The molecule has 0 aliphatic carbocycles. The molecule has 5 heteroatoms. The molecule has 0 fully saturated rings. The Morgan fingerprint density at radius 2 is 0.597 bits per heavy atom. The van der Waals surface area contributed by atoms with Gasteiger partial charge in [0.15, 0.2) is 6.10 Å². The van der Waals surface area contributed by atoms with E-state index in [2.05, 4.69) is 98.9 Å². The van der Waals surface area contributed by atoms with Crippen LogP contribution >= 0.6 is 0 Å². The zero-order chi connectivity index (χ0) is 52.0. The van der Waals surface area contributed by atoms with Crippen LogP contribution in [0, 0.1) is 0 Å². The highest BCUT2D eigenvalue weighted by Gasteiger charge is 2.16. The van der Waals surface area contributed by atoms with Gasteiger partial charge < -0.3 is 14.6 Å². The van der Waals surface area contributed by atoms with Crippen molar-refractivity contribution in [2.45, 2.75) is 315 Å². The summed E-state index contributed by atoms with van der Waals surface area (Å²) in [4.78, 5) is 24.6. The minimum atomic E-state index is -0.788. The molecule has 0 aliphatic rings. The Hall–Kier alpha value is -2.92. The van der Waals surface area contributed by atoms with Crippen molar-refractivity contribution in [3.8, 4) is 0 Å². The normalized spacial score (nSPS) is 12.8. The molecule has 5 nitrogen and oxygen atoms in total. The van der Waals surface area contributed by atoms with Crippen LogP contribution in [0.5, 0.6) is 0 Å². The molecule has 0 aromatic rings. The molecule has 1 unspecified atom stereocenters. The highest BCUT2D eigenvalue weighted by Crippen LogP contribution is 2.18. The first-order valence-electron chi connectivity index (χ1n) is 31.1. The third kappa shape index (κ3) is 59.6. The standard InChI is InChI=1S/C67H118O5/c1-3-5-7-9-11-13-15-17-19-21-23-25-27-29-31-32-33-34-36-37-39-41-43-45-47-49-51-53-55-57-59-61-66(69)71-64-65(63-68)72-67(70)62-60-58-56-54-52-50-48-46-44-42-40-38-35-30-28-26-24-22-20-18-16-14-12-10-8-6-4-2/h6,8,12,14,18,20,24,26,30,35,40,42,46,48,65,68H,3-5,7,9-11,13,15-17,19,21-23,25,27-29,31-34,36-39,41,43-45,47,49-64H2,1-2H3/b8-6-,14-12-,20-18-,26-24-,35-30-,42-40-,48-46-. The summed E-state index contributed by atoms with van der Waals surface area (Å²) in [5, 5.41) is 9.67. The van der Waals surface area contributed by atoms with Crippen LogP contribution in [0.25, 0.3) is 0 Å². The molecule has 0 spiro atoms. The SMILES string of the molecule is CC/C=C\C/C=C\C/C=C\C/C=C\C/C=C\C/C=C\C/C=C\CCCCCCCC(=O)OC(CO)COC(=O)CCCCCCCCCCCCCCCCCCCCCCCCCCCCCCCCC. The number of allylic oxidation sites excluding steroid dienone is 14. The molecular formula is C67H118O5. The molecule has 0 aromatic heterocycles. The topological polar surface area (TPSA) is 72.8 Å². The van der Waals surface area contributed by atoms with Gasteiger partial charge in [-0.3, -0.25) is 9.59 Å². The summed E-state index contributed by atoms with van der Waals surface area (Å²) in [5.74, 6) is -0.605. The molecule has 0 saturated heterocycles. The van der Waals surface area contributed by atoms with Gasteiger partial charge in [0, 0.05) is 12.8 Å². The van der Waals surface area contributed by atoms with E-state index in [-0.39, 0.29) is 25.2 Å². The van der Waals surface area contributed by atoms with E-state index in [1.807, 2.05) is 0 Å². The highest BCUT2D eigenvalue weighted by molar-refractivity contribution is 5.70. The zero-order valence-electron chi connectivity index (χ0n) is 47.7. The van der Waals surface area contributed by atoms with E-state index in [0.717, 1.165) is 103 Å². The third-order valence-electron chi connectivity index (χ3n) is 13.7. The minimum absolute atomic E-state index is 0.0751. The zero-order valence-corrected chi connectivity index (χ0v) is 47.7. The smallest absolute Gasteiger partial charge is 0.306 e. The summed E-state index contributed by atoms with van der Waals surface area (Å²) in [6.45, 7) is 4.05. The Morgan fingerprint density at radius 3 is 0.903 bits per heavy atom. The Labute approximate surface area is 447 Å². The first-order chi connectivity index (χ1) is 35.6.